The highest BCUT2D eigenvalue weighted by Gasteiger charge is 2.14. The molecule has 0 bridgehead atoms. The van der Waals surface area contributed by atoms with Gasteiger partial charge in [-0.1, -0.05) is 13.5 Å². The van der Waals surface area contributed by atoms with Crippen molar-refractivity contribution in [1.29, 1.82) is 0 Å². The number of rotatable bonds is 5. The lowest BCUT2D eigenvalue weighted by molar-refractivity contribution is -0.115. The Balaban J connectivity index is 4.18. The molecule has 5 nitrogen and oxygen atoms in total. The summed E-state index contributed by atoms with van der Waals surface area (Å²) < 4.78 is 27.9. The third-order valence-corrected chi connectivity index (χ3v) is 1.96. The molecule has 0 unspecified atom stereocenters. The molecule has 1 N–H and O–H groups in total. The minimum Gasteiger partial charge on any atom is -0.269 e. The molecule has 0 aliphatic carbocycles. The van der Waals surface area contributed by atoms with Gasteiger partial charge in [-0.05, 0) is 13.3 Å². The maximum Gasteiger partial charge on any atom is 0.362 e. The fraction of sp³-hybridized carbons (Fsp3) is 0.571. The maximum atomic E-state index is 10.9. The molecule has 0 rings (SSSR count). The van der Waals surface area contributed by atoms with Crippen molar-refractivity contribution < 1.29 is 17.4 Å². The molecule has 0 fully saturated rings. The van der Waals surface area contributed by atoms with Crippen LogP contribution in [0.25, 0.3) is 0 Å². The predicted octanol–water partition coefficient (Wildman–Crippen LogP) is 0.350. The molecule has 0 heterocycles. The van der Waals surface area contributed by atoms with Crippen molar-refractivity contribution in [2.45, 2.75) is 20.3 Å². The highest BCUT2D eigenvalue weighted by Crippen LogP contribution is 1.93. The van der Waals surface area contributed by atoms with Crippen LogP contribution in [0.3, 0.4) is 0 Å². The topological polar surface area (TPSA) is 72.5 Å². The van der Waals surface area contributed by atoms with Gasteiger partial charge in [0.25, 0.3) is 5.91 Å². The molecule has 0 aromatic heterocycles. The highest BCUT2D eigenvalue weighted by atomic mass is 32.2. The van der Waals surface area contributed by atoms with E-state index in [1.165, 1.54) is 6.92 Å². The van der Waals surface area contributed by atoms with Crippen molar-refractivity contribution in [2.75, 3.05) is 6.61 Å². The zero-order valence-electron chi connectivity index (χ0n) is 7.66. The van der Waals surface area contributed by atoms with E-state index in [4.69, 9.17) is 0 Å². The normalized spacial score (nSPS) is 10.9. The van der Waals surface area contributed by atoms with Gasteiger partial charge in [0.1, 0.15) is 0 Å². The van der Waals surface area contributed by atoms with E-state index >= 15 is 0 Å². The van der Waals surface area contributed by atoms with Crippen molar-refractivity contribution in [3.8, 4) is 0 Å². The lowest BCUT2D eigenvalue weighted by Gasteiger charge is -2.05. The lowest BCUT2D eigenvalue weighted by Crippen LogP contribution is -2.32. The van der Waals surface area contributed by atoms with E-state index in [1.807, 2.05) is 0 Å². The second kappa shape index (κ2) is 4.98. The molecule has 0 aliphatic heterocycles. The first kappa shape index (κ1) is 12.1. The third-order valence-electron chi connectivity index (χ3n) is 1.05. The molecule has 76 valence electrons. The van der Waals surface area contributed by atoms with Gasteiger partial charge in [-0.3, -0.25) is 8.98 Å². The first-order chi connectivity index (χ1) is 5.89. The van der Waals surface area contributed by atoms with Gasteiger partial charge in [-0.15, -0.1) is 0 Å². The van der Waals surface area contributed by atoms with E-state index in [0.717, 1.165) is 0 Å². The average molecular weight is 207 g/mol. The van der Waals surface area contributed by atoms with E-state index in [2.05, 4.69) is 10.8 Å². The van der Waals surface area contributed by atoms with E-state index in [0.29, 0.717) is 6.42 Å². The molecule has 0 radical (unpaired) electrons. The molecule has 0 saturated carbocycles. The molecule has 0 aromatic carbocycles. The molecular weight excluding hydrogens is 194 g/mol. The van der Waals surface area contributed by atoms with Gasteiger partial charge in [0.2, 0.25) is 0 Å². The second-order valence-corrected chi connectivity index (χ2v) is 3.84. The van der Waals surface area contributed by atoms with Crippen LogP contribution >= 0.6 is 0 Å². The molecule has 0 aromatic rings. The van der Waals surface area contributed by atoms with Crippen LogP contribution in [0.4, 0.5) is 0 Å². The smallest absolute Gasteiger partial charge is 0.269 e. The summed E-state index contributed by atoms with van der Waals surface area (Å²) in [5.41, 5.74) is 0.115. The molecule has 13 heavy (non-hydrogen) atoms. The van der Waals surface area contributed by atoms with Crippen molar-refractivity contribution in [1.82, 2.24) is 4.72 Å². The largest absolute Gasteiger partial charge is 0.362 e. The van der Waals surface area contributed by atoms with E-state index in [9.17, 15) is 13.2 Å². The summed E-state index contributed by atoms with van der Waals surface area (Å²) in [6.07, 6.45) is 0.558. The van der Waals surface area contributed by atoms with Gasteiger partial charge in [0, 0.05) is 5.57 Å². The van der Waals surface area contributed by atoms with Crippen LogP contribution < -0.4 is 4.72 Å². The SMILES string of the molecule is C=C(C)C(=O)NS(=O)(=O)OCCC. The van der Waals surface area contributed by atoms with Crippen LogP contribution in [0.15, 0.2) is 12.2 Å². The monoisotopic (exact) mass is 207 g/mol. The van der Waals surface area contributed by atoms with E-state index in [1.54, 1.807) is 11.6 Å². The number of amides is 1. The first-order valence-corrected chi connectivity index (χ1v) is 5.17. The summed E-state index contributed by atoms with van der Waals surface area (Å²) in [6, 6.07) is 0. The first-order valence-electron chi connectivity index (χ1n) is 3.76. The van der Waals surface area contributed by atoms with Gasteiger partial charge >= 0.3 is 10.3 Å². The van der Waals surface area contributed by atoms with Crippen LogP contribution in [0, 0.1) is 0 Å². The van der Waals surface area contributed by atoms with E-state index < -0.39 is 16.2 Å². The summed E-state index contributed by atoms with van der Waals surface area (Å²) in [5.74, 6) is -0.754. The van der Waals surface area contributed by atoms with Crippen LogP contribution in [0.2, 0.25) is 0 Å². The summed E-state index contributed by atoms with van der Waals surface area (Å²) in [7, 11) is -3.95. The Morgan fingerprint density at radius 2 is 2.08 bits per heavy atom. The zero-order chi connectivity index (χ0) is 10.5. The van der Waals surface area contributed by atoms with Gasteiger partial charge in [-0.2, -0.15) is 8.42 Å². The minimum absolute atomic E-state index is 0.0544. The Morgan fingerprint density at radius 3 is 2.46 bits per heavy atom. The number of nitrogens with one attached hydrogen (secondary N) is 1. The molecule has 0 spiro atoms. The number of hydrogen-bond donors (Lipinski definition) is 1. The Hall–Kier alpha value is -0.880. The fourth-order valence-corrected chi connectivity index (χ4v) is 1.27. The second-order valence-electron chi connectivity index (χ2n) is 2.49. The highest BCUT2D eigenvalue weighted by molar-refractivity contribution is 7.85. The zero-order valence-corrected chi connectivity index (χ0v) is 8.48. The van der Waals surface area contributed by atoms with E-state index in [-0.39, 0.29) is 12.2 Å². The Morgan fingerprint density at radius 1 is 1.54 bits per heavy atom. The summed E-state index contributed by atoms with van der Waals surface area (Å²) in [4.78, 5) is 10.9. The minimum atomic E-state index is -3.95. The molecule has 0 aliphatic rings. The molecule has 0 atom stereocenters. The maximum absolute atomic E-state index is 10.9. The van der Waals surface area contributed by atoms with Crippen molar-refractivity contribution >= 4 is 16.2 Å². The van der Waals surface area contributed by atoms with Gasteiger partial charge in [0.15, 0.2) is 0 Å². The predicted molar refractivity (Wildman–Crippen MR) is 48.1 cm³/mol. The van der Waals surface area contributed by atoms with Gasteiger partial charge in [0.05, 0.1) is 6.61 Å². The average Bonchev–Trinajstić information content (AvgIpc) is 2.00. The quantitative estimate of drug-likeness (QED) is 0.660. The van der Waals surface area contributed by atoms with Crippen molar-refractivity contribution in [2.24, 2.45) is 0 Å². The Bertz CT molecular complexity index is 294. The summed E-state index contributed by atoms with van der Waals surface area (Å²) in [5, 5.41) is 0. The number of hydrogen-bond acceptors (Lipinski definition) is 4. The summed E-state index contributed by atoms with van der Waals surface area (Å²) >= 11 is 0. The van der Waals surface area contributed by atoms with Crippen molar-refractivity contribution in [3.05, 3.63) is 12.2 Å². The Labute approximate surface area is 78.0 Å². The standard InChI is InChI=1S/C7H13NO4S/c1-4-5-12-13(10,11)8-7(9)6(2)3/h2,4-5H2,1,3H3,(H,8,9). The molecule has 1 amide bonds. The van der Waals surface area contributed by atoms with Crippen LogP contribution in [0.5, 0.6) is 0 Å². The fourth-order valence-electron chi connectivity index (χ4n) is 0.423. The summed E-state index contributed by atoms with van der Waals surface area (Å²) in [6.45, 7) is 6.51. The number of carbonyl (C=O) groups excluding carboxylic acids is 1. The molecule has 6 heteroatoms. The van der Waals surface area contributed by atoms with Crippen molar-refractivity contribution in [3.63, 3.8) is 0 Å². The molecular formula is C7H13NO4S. The molecule has 0 saturated heterocycles. The Kier molecular flexibility index (Phi) is 4.64. The van der Waals surface area contributed by atoms with Crippen LogP contribution in [0.1, 0.15) is 20.3 Å². The van der Waals surface area contributed by atoms with Crippen LogP contribution in [-0.4, -0.2) is 20.9 Å². The third kappa shape index (κ3) is 5.37. The van der Waals surface area contributed by atoms with Gasteiger partial charge < -0.3 is 0 Å². The van der Waals surface area contributed by atoms with Crippen LogP contribution in [-0.2, 0) is 19.3 Å². The number of carbonyl (C=O) groups is 1. The van der Waals surface area contributed by atoms with Gasteiger partial charge in [-0.25, -0.2) is 4.72 Å². The lowest BCUT2D eigenvalue weighted by atomic mass is 10.3.